The van der Waals surface area contributed by atoms with Crippen LogP contribution in [0.4, 0.5) is 0 Å². The summed E-state index contributed by atoms with van der Waals surface area (Å²) in [5, 5.41) is 11.3. The summed E-state index contributed by atoms with van der Waals surface area (Å²) in [7, 11) is 1.74. The Morgan fingerprint density at radius 2 is 1.81 bits per heavy atom. The zero-order chi connectivity index (χ0) is 19.7. The van der Waals surface area contributed by atoms with Gasteiger partial charge in [0.1, 0.15) is 5.75 Å². The Morgan fingerprint density at radius 3 is 2.30 bits per heavy atom. The van der Waals surface area contributed by atoms with Gasteiger partial charge in [0.15, 0.2) is 10.7 Å². The number of ether oxygens (including phenoxy) is 1. The minimum atomic E-state index is -1.01. The Kier molecular flexibility index (Phi) is 5.56. The molecule has 0 aliphatic rings. The second-order valence-electron chi connectivity index (χ2n) is 7.01. The molecule has 0 spiro atoms. The summed E-state index contributed by atoms with van der Waals surface area (Å²) < 4.78 is 7.70. The van der Waals surface area contributed by atoms with Crippen LogP contribution in [0.1, 0.15) is 74.0 Å². The van der Waals surface area contributed by atoms with Gasteiger partial charge in [0, 0.05) is 17.1 Å². The number of imidazole rings is 1. The Hall–Kier alpha value is -2.34. The van der Waals surface area contributed by atoms with E-state index in [-0.39, 0.29) is 5.69 Å². The quantitative estimate of drug-likeness (QED) is 0.557. The van der Waals surface area contributed by atoms with E-state index in [0.29, 0.717) is 16.8 Å². The Balaban J connectivity index is 2.25. The van der Waals surface area contributed by atoms with Crippen molar-refractivity contribution in [1.82, 2.24) is 9.38 Å². The number of hydrogen-bond donors (Lipinski definition) is 1. The summed E-state index contributed by atoms with van der Waals surface area (Å²) in [5.41, 5.74) is 4.51. The number of aromatic carboxylic acids is 1. The number of carboxylic acids is 1. The fourth-order valence-corrected chi connectivity index (χ4v) is 4.21. The molecule has 3 aromatic rings. The lowest BCUT2D eigenvalue weighted by atomic mass is 9.87. The van der Waals surface area contributed by atoms with Crippen molar-refractivity contribution in [3.8, 4) is 17.0 Å². The topological polar surface area (TPSA) is 63.8 Å². The van der Waals surface area contributed by atoms with Crippen LogP contribution in [0.3, 0.4) is 0 Å². The SMILES string of the molecule is CCC(C)c1cc(-c2csc3nc(C(=O)O)cn23)cc(C(C)CC)c1OC. The zero-order valence-electron chi connectivity index (χ0n) is 16.4. The summed E-state index contributed by atoms with van der Waals surface area (Å²) in [6.45, 7) is 8.78. The number of aromatic nitrogens is 2. The van der Waals surface area contributed by atoms with Gasteiger partial charge in [0.25, 0.3) is 0 Å². The third kappa shape index (κ3) is 3.46. The summed E-state index contributed by atoms with van der Waals surface area (Å²) in [5.74, 6) is 0.710. The zero-order valence-corrected chi connectivity index (χ0v) is 17.3. The molecule has 27 heavy (non-hydrogen) atoms. The van der Waals surface area contributed by atoms with Crippen LogP contribution in [0.5, 0.6) is 5.75 Å². The van der Waals surface area contributed by atoms with E-state index in [1.807, 2.05) is 9.78 Å². The van der Waals surface area contributed by atoms with Crippen LogP contribution in [-0.4, -0.2) is 27.6 Å². The number of carbonyl (C=O) groups is 1. The standard InChI is InChI=1S/C21H26N2O3S/c1-6-12(3)15-8-14(9-16(13(4)7-2)19(15)26-5)18-11-27-21-22-17(20(24)25)10-23(18)21/h8-13H,6-7H2,1-5H3,(H,24,25). The maximum Gasteiger partial charge on any atom is 0.356 e. The van der Waals surface area contributed by atoms with E-state index in [1.54, 1.807) is 13.3 Å². The number of nitrogens with zero attached hydrogens (tertiary/aromatic N) is 2. The van der Waals surface area contributed by atoms with Crippen molar-refractivity contribution in [3.05, 3.63) is 40.5 Å². The molecule has 0 saturated heterocycles. The maximum absolute atomic E-state index is 11.3. The highest BCUT2D eigenvalue weighted by Crippen LogP contribution is 2.41. The third-order valence-corrected chi connectivity index (χ3v) is 6.20. The first-order valence-corrected chi connectivity index (χ1v) is 10.2. The van der Waals surface area contributed by atoms with Crippen molar-refractivity contribution >= 4 is 22.3 Å². The van der Waals surface area contributed by atoms with Crippen LogP contribution in [0, 0.1) is 0 Å². The predicted molar refractivity (Wildman–Crippen MR) is 109 cm³/mol. The highest BCUT2D eigenvalue weighted by Gasteiger charge is 2.21. The van der Waals surface area contributed by atoms with Crippen molar-refractivity contribution in [1.29, 1.82) is 0 Å². The monoisotopic (exact) mass is 386 g/mol. The van der Waals surface area contributed by atoms with Crippen LogP contribution < -0.4 is 4.74 Å². The van der Waals surface area contributed by atoms with Crippen LogP contribution >= 0.6 is 11.3 Å². The Bertz CT molecular complexity index is 942. The van der Waals surface area contributed by atoms with Crippen LogP contribution in [0.15, 0.2) is 23.7 Å². The van der Waals surface area contributed by atoms with Gasteiger partial charge in [-0.3, -0.25) is 4.40 Å². The van der Waals surface area contributed by atoms with Crippen LogP contribution in [0.25, 0.3) is 16.2 Å². The van der Waals surface area contributed by atoms with E-state index in [4.69, 9.17) is 4.74 Å². The molecule has 0 saturated carbocycles. The molecular weight excluding hydrogens is 360 g/mol. The largest absolute Gasteiger partial charge is 0.496 e. The first-order valence-electron chi connectivity index (χ1n) is 9.33. The molecule has 1 aromatic carbocycles. The number of carboxylic acid groups (broad SMARTS) is 1. The van der Waals surface area contributed by atoms with Gasteiger partial charge in [0.2, 0.25) is 0 Å². The Morgan fingerprint density at radius 1 is 1.22 bits per heavy atom. The molecule has 144 valence electrons. The minimum Gasteiger partial charge on any atom is -0.496 e. The highest BCUT2D eigenvalue weighted by atomic mass is 32.1. The minimum absolute atomic E-state index is 0.0703. The average Bonchev–Trinajstić information content (AvgIpc) is 3.26. The van der Waals surface area contributed by atoms with Gasteiger partial charge in [-0.25, -0.2) is 9.78 Å². The number of fused-ring (bicyclic) bond motifs is 1. The number of benzene rings is 1. The van der Waals surface area contributed by atoms with Gasteiger partial charge in [-0.1, -0.05) is 27.7 Å². The van der Waals surface area contributed by atoms with Crippen molar-refractivity contribution in [2.24, 2.45) is 0 Å². The summed E-state index contributed by atoms with van der Waals surface area (Å²) in [6, 6.07) is 4.36. The van der Waals surface area contributed by atoms with E-state index < -0.39 is 5.97 Å². The molecule has 3 rings (SSSR count). The van der Waals surface area contributed by atoms with Crippen LogP contribution in [-0.2, 0) is 0 Å². The van der Waals surface area contributed by atoms with Crippen LogP contribution in [0.2, 0.25) is 0 Å². The van der Waals surface area contributed by atoms with Crippen molar-refractivity contribution < 1.29 is 14.6 Å². The normalized spacial score (nSPS) is 13.7. The number of thiazole rings is 1. The molecule has 0 radical (unpaired) electrons. The summed E-state index contributed by atoms with van der Waals surface area (Å²) in [6.07, 6.45) is 3.64. The van der Waals surface area contributed by atoms with Crippen molar-refractivity contribution in [3.63, 3.8) is 0 Å². The lowest BCUT2D eigenvalue weighted by molar-refractivity contribution is 0.0691. The van der Waals surface area contributed by atoms with E-state index in [9.17, 15) is 9.90 Å². The molecule has 0 fully saturated rings. The fraction of sp³-hybridized carbons (Fsp3) is 0.429. The molecule has 0 aliphatic carbocycles. The fourth-order valence-electron chi connectivity index (χ4n) is 3.32. The maximum atomic E-state index is 11.3. The lowest BCUT2D eigenvalue weighted by Crippen LogP contribution is -2.04. The van der Waals surface area contributed by atoms with Crippen molar-refractivity contribution in [2.45, 2.75) is 52.4 Å². The summed E-state index contributed by atoms with van der Waals surface area (Å²) in [4.78, 5) is 16.2. The van der Waals surface area contributed by atoms with E-state index in [2.05, 4.69) is 44.8 Å². The van der Waals surface area contributed by atoms with Gasteiger partial charge in [0.05, 0.1) is 12.8 Å². The molecular formula is C21H26N2O3S. The molecule has 2 aromatic heterocycles. The first-order chi connectivity index (χ1) is 12.9. The third-order valence-electron chi connectivity index (χ3n) is 5.36. The second-order valence-corrected chi connectivity index (χ2v) is 7.85. The number of methoxy groups -OCH3 is 1. The Labute approximate surface area is 163 Å². The number of rotatable bonds is 7. The molecule has 5 nitrogen and oxygen atoms in total. The molecule has 0 bridgehead atoms. The lowest BCUT2D eigenvalue weighted by Gasteiger charge is -2.22. The summed E-state index contributed by atoms with van der Waals surface area (Å²) >= 11 is 1.45. The average molecular weight is 387 g/mol. The van der Waals surface area contributed by atoms with Crippen molar-refractivity contribution in [2.75, 3.05) is 7.11 Å². The second kappa shape index (κ2) is 7.72. The van der Waals surface area contributed by atoms with E-state index in [1.165, 1.54) is 22.5 Å². The first kappa shape index (κ1) is 19.4. The van der Waals surface area contributed by atoms with E-state index in [0.717, 1.165) is 29.8 Å². The highest BCUT2D eigenvalue weighted by molar-refractivity contribution is 7.15. The van der Waals surface area contributed by atoms with Gasteiger partial charge < -0.3 is 9.84 Å². The molecule has 1 N–H and O–H groups in total. The molecule has 0 aliphatic heterocycles. The van der Waals surface area contributed by atoms with E-state index >= 15 is 0 Å². The molecule has 0 amide bonds. The van der Waals surface area contributed by atoms with Gasteiger partial charge >= 0.3 is 5.97 Å². The predicted octanol–water partition coefficient (Wildman–Crippen LogP) is 5.80. The number of hydrogen-bond acceptors (Lipinski definition) is 4. The molecule has 2 heterocycles. The van der Waals surface area contributed by atoms with Gasteiger partial charge in [-0.05, 0) is 47.9 Å². The molecule has 2 unspecified atom stereocenters. The molecule has 6 heteroatoms. The van der Waals surface area contributed by atoms with Gasteiger partial charge in [-0.15, -0.1) is 11.3 Å². The smallest absolute Gasteiger partial charge is 0.356 e. The van der Waals surface area contributed by atoms with Gasteiger partial charge in [-0.2, -0.15) is 0 Å². The molecule has 2 atom stereocenters.